The van der Waals surface area contributed by atoms with Crippen molar-refractivity contribution in [2.24, 2.45) is 0 Å². The zero-order valence-electron chi connectivity index (χ0n) is 11.2. The predicted octanol–water partition coefficient (Wildman–Crippen LogP) is 2.06. The molecule has 0 aliphatic heterocycles. The molecule has 1 aromatic carbocycles. The maximum absolute atomic E-state index is 11.0. The van der Waals surface area contributed by atoms with Crippen LogP contribution in [0.1, 0.15) is 22.3 Å². The number of benzene rings is 1. The number of hydrogen-bond acceptors (Lipinski definition) is 4. The van der Waals surface area contributed by atoms with Gasteiger partial charge in [0, 0.05) is 25.9 Å². The number of nitrogens with zero attached hydrogens (tertiary/aromatic N) is 2. The molecule has 0 radical (unpaired) electrons. The van der Waals surface area contributed by atoms with Crippen molar-refractivity contribution in [2.75, 3.05) is 31.7 Å². The van der Waals surface area contributed by atoms with Gasteiger partial charge in [0.05, 0.1) is 24.7 Å². The summed E-state index contributed by atoms with van der Waals surface area (Å²) < 4.78 is 5.05. The Balaban J connectivity index is 2.92. The zero-order chi connectivity index (χ0) is 14.3. The highest BCUT2D eigenvalue weighted by Gasteiger charge is 2.11. The maximum Gasteiger partial charge on any atom is 0.335 e. The van der Waals surface area contributed by atoms with E-state index in [0.717, 1.165) is 5.69 Å². The Morgan fingerprint density at radius 3 is 2.74 bits per heavy atom. The zero-order valence-corrected chi connectivity index (χ0v) is 11.2. The molecule has 19 heavy (non-hydrogen) atoms. The Kier molecular flexibility index (Phi) is 5.83. The maximum atomic E-state index is 11.0. The number of hydrogen-bond donors (Lipinski definition) is 1. The molecule has 0 unspecified atom stereocenters. The molecule has 0 amide bonds. The molecule has 0 fully saturated rings. The Morgan fingerprint density at radius 2 is 2.21 bits per heavy atom. The van der Waals surface area contributed by atoms with Crippen LogP contribution in [0.4, 0.5) is 5.69 Å². The van der Waals surface area contributed by atoms with Gasteiger partial charge in [-0.2, -0.15) is 5.26 Å². The summed E-state index contributed by atoms with van der Waals surface area (Å²) in [5.74, 6) is -0.926. The van der Waals surface area contributed by atoms with Crippen molar-refractivity contribution in [3.8, 4) is 6.07 Å². The third-order valence-electron chi connectivity index (χ3n) is 2.86. The van der Waals surface area contributed by atoms with Crippen LogP contribution < -0.4 is 4.90 Å². The van der Waals surface area contributed by atoms with Gasteiger partial charge in [-0.05, 0) is 30.7 Å². The normalized spacial score (nSPS) is 9.95. The molecule has 0 spiro atoms. The van der Waals surface area contributed by atoms with E-state index in [4.69, 9.17) is 15.1 Å². The summed E-state index contributed by atoms with van der Waals surface area (Å²) in [6.45, 7) is 3.60. The van der Waals surface area contributed by atoms with E-state index in [2.05, 4.69) is 6.07 Å². The van der Waals surface area contributed by atoms with Crippen LogP contribution in [0.2, 0.25) is 0 Å². The number of methoxy groups -OCH3 is 1. The number of aromatic carboxylic acids is 1. The van der Waals surface area contributed by atoms with Crippen molar-refractivity contribution in [1.29, 1.82) is 5.26 Å². The molecule has 5 heteroatoms. The fourth-order valence-corrected chi connectivity index (χ4v) is 1.84. The first-order chi connectivity index (χ1) is 9.10. The predicted molar refractivity (Wildman–Crippen MR) is 72.5 cm³/mol. The van der Waals surface area contributed by atoms with E-state index in [1.165, 1.54) is 0 Å². The van der Waals surface area contributed by atoms with Crippen LogP contribution in [-0.2, 0) is 4.74 Å². The van der Waals surface area contributed by atoms with Crippen molar-refractivity contribution in [3.63, 3.8) is 0 Å². The molecule has 0 heterocycles. The second-order valence-electron chi connectivity index (χ2n) is 4.19. The minimum atomic E-state index is -0.926. The molecule has 0 saturated heterocycles. The second kappa shape index (κ2) is 7.39. The quantitative estimate of drug-likeness (QED) is 0.814. The molecule has 5 nitrogen and oxygen atoms in total. The average molecular weight is 262 g/mol. The van der Waals surface area contributed by atoms with Gasteiger partial charge in [-0.15, -0.1) is 0 Å². The highest BCUT2D eigenvalue weighted by molar-refractivity contribution is 5.89. The first-order valence-corrected chi connectivity index (χ1v) is 6.05. The van der Waals surface area contributed by atoms with Crippen LogP contribution in [0.5, 0.6) is 0 Å². The van der Waals surface area contributed by atoms with Gasteiger partial charge in [0.2, 0.25) is 0 Å². The monoisotopic (exact) mass is 262 g/mol. The first kappa shape index (κ1) is 15.0. The molecule has 0 atom stereocenters. The number of carbonyl (C=O) groups is 1. The number of nitriles is 1. The SMILES string of the molecule is COCCN(CCC#N)c1ccc(C(=O)O)c(C)c1. The molecule has 0 aromatic heterocycles. The van der Waals surface area contributed by atoms with Crippen molar-refractivity contribution < 1.29 is 14.6 Å². The van der Waals surface area contributed by atoms with Crippen LogP contribution in [0.15, 0.2) is 18.2 Å². The van der Waals surface area contributed by atoms with Crippen molar-refractivity contribution >= 4 is 11.7 Å². The van der Waals surface area contributed by atoms with E-state index in [0.29, 0.717) is 37.2 Å². The number of carboxylic acid groups (broad SMARTS) is 1. The van der Waals surface area contributed by atoms with Gasteiger partial charge in [0.25, 0.3) is 0 Å². The van der Waals surface area contributed by atoms with E-state index < -0.39 is 5.97 Å². The summed E-state index contributed by atoms with van der Waals surface area (Å²) in [5.41, 5.74) is 1.93. The van der Waals surface area contributed by atoms with Gasteiger partial charge >= 0.3 is 5.97 Å². The summed E-state index contributed by atoms with van der Waals surface area (Å²) >= 11 is 0. The molecule has 1 rings (SSSR count). The molecular weight excluding hydrogens is 244 g/mol. The third-order valence-corrected chi connectivity index (χ3v) is 2.86. The van der Waals surface area contributed by atoms with E-state index >= 15 is 0 Å². The first-order valence-electron chi connectivity index (χ1n) is 6.05. The lowest BCUT2D eigenvalue weighted by atomic mass is 10.1. The summed E-state index contributed by atoms with van der Waals surface area (Å²) in [6.07, 6.45) is 0.420. The molecular formula is C14H18N2O3. The van der Waals surface area contributed by atoms with Gasteiger partial charge in [-0.1, -0.05) is 0 Å². The van der Waals surface area contributed by atoms with Gasteiger partial charge < -0.3 is 14.7 Å². The molecule has 1 aromatic rings. The van der Waals surface area contributed by atoms with Crippen LogP contribution in [-0.4, -0.2) is 37.9 Å². The Bertz CT molecular complexity index is 480. The fourth-order valence-electron chi connectivity index (χ4n) is 1.84. The topological polar surface area (TPSA) is 73.6 Å². The summed E-state index contributed by atoms with van der Waals surface area (Å²) in [7, 11) is 1.63. The average Bonchev–Trinajstić information content (AvgIpc) is 2.38. The highest BCUT2D eigenvalue weighted by Crippen LogP contribution is 2.19. The highest BCUT2D eigenvalue weighted by atomic mass is 16.5. The van der Waals surface area contributed by atoms with Crippen LogP contribution >= 0.6 is 0 Å². The number of aryl methyl sites for hydroxylation is 1. The lowest BCUT2D eigenvalue weighted by Crippen LogP contribution is -2.28. The van der Waals surface area contributed by atoms with Crippen LogP contribution in [0.25, 0.3) is 0 Å². The summed E-state index contributed by atoms with van der Waals surface area (Å²) in [6, 6.07) is 7.31. The lowest BCUT2D eigenvalue weighted by molar-refractivity contribution is 0.0696. The fraction of sp³-hybridized carbons (Fsp3) is 0.429. The lowest BCUT2D eigenvalue weighted by Gasteiger charge is -2.24. The number of anilines is 1. The molecule has 102 valence electrons. The largest absolute Gasteiger partial charge is 0.478 e. The molecule has 0 aliphatic carbocycles. The smallest absolute Gasteiger partial charge is 0.335 e. The molecule has 0 aliphatic rings. The van der Waals surface area contributed by atoms with E-state index in [1.807, 2.05) is 11.0 Å². The Morgan fingerprint density at radius 1 is 1.47 bits per heavy atom. The van der Waals surface area contributed by atoms with Crippen molar-refractivity contribution in [2.45, 2.75) is 13.3 Å². The third kappa shape index (κ3) is 4.27. The van der Waals surface area contributed by atoms with E-state index in [9.17, 15) is 4.79 Å². The molecule has 1 N–H and O–H groups in total. The number of ether oxygens (including phenoxy) is 1. The number of carboxylic acids is 1. The Labute approximate surface area is 113 Å². The van der Waals surface area contributed by atoms with Gasteiger partial charge in [0.15, 0.2) is 0 Å². The van der Waals surface area contributed by atoms with Crippen molar-refractivity contribution in [1.82, 2.24) is 0 Å². The molecule has 0 saturated carbocycles. The number of rotatable bonds is 7. The summed E-state index contributed by atoms with van der Waals surface area (Å²) in [4.78, 5) is 13.0. The van der Waals surface area contributed by atoms with Gasteiger partial charge in [0.1, 0.15) is 0 Å². The van der Waals surface area contributed by atoms with Crippen molar-refractivity contribution in [3.05, 3.63) is 29.3 Å². The second-order valence-corrected chi connectivity index (χ2v) is 4.19. The minimum Gasteiger partial charge on any atom is -0.478 e. The minimum absolute atomic E-state index is 0.302. The van der Waals surface area contributed by atoms with E-state index in [1.54, 1.807) is 26.2 Å². The standard InChI is InChI=1S/C14H18N2O3/c1-11-10-12(4-5-13(11)14(17)18)16(7-3-6-15)8-9-19-2/h4-5,10H,3,7-9H2,1-2H3,(H,17,18). The Hall–Kier alpha value is -2.06. The molecule has 0 bridgehead atoms. The van der Waals surface area contributed by atoms with E-state index in [-0.39, 0.29) is 0 Å². The van der Waals surface area contributed by atoms with Gasteiger partial charge in [-0.25, -0.2) is 4.79 Å². The van der Waals surface area contributed by atoms with Crippen LogP contribution in [0, 0.1) is 18.3 Å². The summed E-state index contributed by atoms with van der Waals surface area (Å²) in [5, 5.41) is 17.7. The van der Waals surface area contributed by atoms with Crippen LogP contribution in [0.3, 0.4) is 0 Å². The van der Waals surface area contributed by atoms with Gasteiger partial charge in [-0.3, -0.25) is 0 Å².